The van der Waals surface area contributed by atoms with Crippen molar-refractivity contribution in [3.8, 4) is 0 Å². The normalized spacial score (nSPS) is 57.7. The van der Waals surface area contributed by atoms with Gasteiger partial charge in [-0.05, 0) is 30.6 Å². The summed E-state index contributed by atoms with van der Waals surface area (Å²) in [6.07, 6.45) is 3.19. The van der Waals surface area contributed by atoms with Gasteiger partial charge in [-0.2, -0.15) is 0 Å². The standard InChI is InChI=1S/C11H19N3O/c1-9-6-14(13)11(8(12)15)5-7(9)3-4-10(9,11)2/h7H,3-6,13H2,1-2H3,(H2,12,15)/t7-,9+,10+,11+/m1/s1. The number of hydrogen-bond acceptors (Lipinski definition) is 3. The lowest BCUT2D eigenvalue weighted by Gasteiger charge is -2.43. The van der Waals surface area contributed by atoms with Crippen LogP contribution in [0.25, 0.3) is 0 Å². The Kier molecular flexibility index (Phi) is 1.43. The van der Waals surface area contributed by atoms with Gasteiger partial charge in [-0.25, -0.2) is 5.01 Å². The van der Waals surface area contributed by atoms with E-state index in [2.05, 4.69) is 13.8 Å². The minimum absolute atomic E-state index is 0.00868. The summed E-state index contributed by atoms with van der Waals surface area (Å²) in [5, 5.41) is 1.73. The highest BCUT2D eigenvalue weighted by atomic mass is 16.2. The Balaban J connectivity index is 2.22. The van der Waals surface area contributed by atoms with Gasteiger partial charge in [-0.1, -0.05) is 13.8 Å². The molecule has 1 aliphatic heterocycles. The van der Waals surface area contributed by atoms with E-state index in [1.165, 1.54) is 6.42 Å². The zero-order valence-electron chi connectivity index (χ0n) is 9.42. The van der Waals surface area contributed by atoms with Crippen molar-refractivity contribution in [2.75, 3.05) is 6.54 Å². The number of hydrogen-bond donors (Lipinski definition) is 2. The summed E-state index contributed by atoms with van der Waals surface area (Å²) in [7, 11) is 0. The first-order chi connectivity index (χ1) is 6.88. The van der Waals surface area contributed by atoms with Gasteiger partial charge in [0.15, 0.2) is 0 Å². The van der Waals surface area contributed by atoms with Crippen molar-refractivity contribution in [3.63, 3.8) is 0 Å². The summed E-state index contributed by atoms with van der Waals surface area (Å²) >= 11 is 0. The average Bonchev–Trinajstić information content (AvgIpc) is 2.55. The van der Waals surface area contributed by atoms with E-state index in [0.29, 0.717) is 5.92 Å². The van der Waals surface area contributed by atoms with Gasteiger partial charge in [0.05, 0.1) is 0 Å². The zero-order chi connectivity index (χ0) is 11.1. The SMILES string of the molecule is C[C@@]12CC[C@@H]3C[C@@]1(C(N)=O)N(N)C[C@@]32C. The van der Waals surface area contributed by atoms with Gasteiger partial charge in [0.25, 0.3) is 0 Å². The van der Waals surface area contributed by atoms with E-state index >= 15 is 0 Å². The topological polar surface area (TPSA) is 72.4 Å². The smallest absolute Gasteiger partial charge is 0.239 e. The summed E-state index contributed by atoms with van der Waals surface area (Å²) in [6, 6.07) is 0. The molecule has 3 aliphatic rings. The van der Waals surface area contributed by atoms with Crippen LogP contribution in [0.5, 0.6) is 0 Å². The second-order valence-corrected chi connectivity index (χ2v) is 6.04. The highest BCUT2D eigenvalue weighted by molar-refractivity contribution is 5.87. The van der Waals surface area contributed by atoms with Crippen LogP contribution in [0.1, 0.15) is 33.1 Å². The van der Waals surface area contributed by atoms with Gasteiger partial charge in [0.2, 0.25) is 5.91 Å². The van der Waals surface area contributed by atoms with Crippen molar-refractivity contribution in [1.82, 2.24) is 5.01 Å². The number of nitrogens with zero attached hydrogens (tertiary/aromatic N) is 1. The summed E-state index contributed by atoms with van der Waals surface area (Å²) in [5.74, 6) is 6.46. The van der Waals surface area contributed by atoms with Crippen LogP contribution in [0.2, 0.25) is 0 Å². The van der Waals surface area contributed by atoms with E-state index < -0.39 is 5.54 Å². The number of carbonyl (C=O) groups excluding carboxylic acids is 1. The van der Waals surface area contributed by atoms with E-state index in [0.717, 1.165) is 19.4 Å². The number of carbonyl (C=O) groups is 1. The molecule has 0 aromatic carbocycles. The summed E-state index contributed by atoms with van der Waals surface area (Å²) < 4.78 is 0. The van der Waals surface area contributed by atoms with Crippen molar-refractivity contribution in [3.05, 3.63) is 0 Å². The third kappa shape index (κ3) is 0.658. The van der Waals surface area contributed by atoms with Crippen LogP contribution in [-0.4, -0.2) is 23.0 Å². The summed E-state index contributed by atoms with van der Waals surface area (Å²) in [6.45, 7) is 5.30. The van der Waals surface area contributed by atoms with Crippen LogP contribution in [0.15, 0.2) is 0 Å². The molecular formula is C11H19N3O. The second-order valence-electron chi connectivity index (χ2n) is 6.04. The number of amides is 1. The molecule has 4 N–H and O–H groups in total. The molecule has 1 saturated heterocycles. The van der Waals surface area contributed by atoms with E-state index in [9.17, 15) is 4.79 Å². The first-order valence-electron chi connectivity index (χ1n) is 5.71. The predicted octanol–water partition coefficient (Wildman–Crippen LogP) is 0.226. The Hall–Kier alpha value is -0.610. The molecule has 15 heavy (non-hydrogen) atoms. The highest BCUT2D eigenvalue weighted by Gasteiger charge is 2.79. The Bertz CT molecular complexity index is 358. The zero-order valence-corrected chi connectivity index (χ0v) is 9.42. The quantitative estimate of drug-likeness (QED) is 0.607. The van der Waals surface area contributed by atoms with Gasteiger partial charge in [0.1, 0.15) is 5.54 Å². The number of nitrogens with two attached hydrogens (primary N) is 2. The molecule has 4 bridgehead atoms. The molecule has 0 aromatic heterocycles. The Morgan fingerprint density at radius 1 is 1.47 bits per heavy atom. The maximum absolute atomic E-state index is 11.8. The van der Waals surface area contributed by atoms with E-state index in [-0.39, 0.29) is 16.7 Å². The third-order valence-corrected chi connectivity index (χ3v) is 6.01. The molecule has 0 spiro atoms. The molecule has 0 unspecified atom stereocenters. The molecule has 0 aromatic rings. The van der Waals surface area contributed by atoms with Crippen LogP contribution in [0.4, 0.5) is 0 Å². The average molecular weight is 209 g/mol. The van der Waals surface area contributed by atoms with Crippen LogP contribution in [0.3, 0.4) is 0 Å². The lowest BCUT2D eigenvalue weighted by molar-refractivity contribution is -0.135. The van der Waals surface area contributed by atoms with Crippen LogP contribution in [-0.2, 0) is 4.79 Å². The first kappa shape index (κ1) is 9.60. The van der Waals surface area contributed by atoms with E-state index in [1.807, 2.05) is 0 Å². The molecule has 3 fully saturated rings. The minimum Gasteiger partial charge on any atom is -0.368 e. The lowest BCUT2D eigenvalue weighted by Crippen LogP contribution is -2.63. The molecule has 84 valence electrons. The maximum Gasteiger partial charge on any atom is 0.239 e. The van der Waals surface area contributed by atoms with Crippen molar-refractivity contribution in [1.29, 1.82) is 0 Å². The molecule has 4 atom stereocenters. The number of hydrazine groups is 1. The second kappa shape index (κ2) is 2.23. The Labute approximate surface area is 89.9 Å². The Morgan fingerprint density at radius 2 is 2.13 bits per heavy atom. The first-order valence-corrected chi connectivity index (χ1v) is 5.71. The van der Waals surface area contributed by atoms with E-state index in [4.69, 9.17) is 11.6 Å². The fourth-order valence-corrected chi connectivity index (χ4v) is 4.85. The molecule has 4 nitrogen and oxygen atoms in total. The van der Waals surface area contributed by atoms with Gasteiger partial charge in [-0.3, -0.25) is 10.6 Å². The van der Waals surface area contributed by atoms with Crippen LogP contribution >= 0.6 is 0 Å². The molecule has 3 rings (SSSR count). The highest BCUT2D eigenvalue weighted by Crippen LogP contribution is 2.74. The van der Waals surface area contributed by atoms with Gasteiger partial charge in [0, 0.05) is 12.0 Å². The number of rotatable bonds is 1. The number of piperidine rings is 1. The molecule has 1 heterocycles. The third-order valence-electron chi connectivity index (χ3n) is 6.01. The van der Waals surface area contributed by atoms with Crippen molar-refractivity contribution >= 4 is 5.91 Å². The van der Waals surface area contributed by atoms with Gasteiger partial charge in [-0.15, -0.1) is 0 Å². The fourth-order valence-electron chi connectivity index (χ4n) is 4.85. The summed E-state index contributed by atoms with van der Waals surface area (Å²) in [5.41, 5.74) is 5.25. The molecule has 2 aliphatic carbocycles. The van der Waals surface area contributed by atoms with Gasteiger partial charge < -0.3 is 5.73 Å². The molecule has 1 amide bonds. The largest absolute Gasteiger partial charge is 0.368 e. The minimum atomic E-state index is -0.565. The molecule has 4 heteroatoms. The predicted molar refractivity (Wildman–Crippen MR) is 56.4 cm³/mol. The fraction of sp³-hybridized carbons (Fsp3) is 0.909. The Morgan fingerprint density at radius 3 is 2.60 bits per heavy atom. The molecule has 2 saturated carbocycles. The van der Waals surface area contributed by atoms with Gasteiger partial charge >= 0.3 is 0 Å². The summed E-state index contributed by atoms with van der Waals surface area (Å²) in [4.78, 5) is 11.8. The maximum atomic E-state index is 11.8. The van der Waals surface area contributed by atoms with Crippen molar-refractivity contribution < 1.29 is 4.79 Å². The monoisotopic (exact) mass is 209 g/mol. The van der Waals surface area contributed by atoms with Crippen LogP contribution in [0, 0.1) is 16.7 Å². The molecular weight excluding hydrogens is 190 g/mol. The van der Waals surface area contributed by atoms with E-state index in [1.54, 1.807) is 5.01 Å². The van der Waals surface area contributed by atoms with Crippen molar-refractivity contribution in [2.45, 2.75) is 38.6 Å². The molecule has 0 radical (unpaired) electrons. The lowest BCUT2D eigenvalue weighted by atomic mass is 9.65. The number of primary amides is 1. The van der Waals surface area contributed by atoms with Crippen molar-refractivity contribution in [2.24, 2.45) is 28.3 Å². The van der Waals surface area contributed by atoms with Crippen LogP contribution < -0.4 is 11.6 Å².